The van der Waals surface area contributed by atoms with E-state index in [1.807, 2.05) is 0 Å². The molecule has 0 aliphatic carbocycles. The van der Waals surface area contributed by atoms with Gasteiger partial charge in [-0.15, -0.1) is 0 Å². The lowest BCUT2D eigenvalue weighted by Crippen LogP contribution is -1.98. The Hall–Kier alpha value is -7.75. The summed E-state index contributed by atoms with van der Waals surface area (Å²) in [5.41, 5.74) is 7.78. The van der Waals surface area contributed by atoms with E-state index in [1.165, 1.54) is 48.5 Å². The smallest absolute Gasteiger partial charge is 0.160 e. The zero-order chi connectivity index (χ0) is 38.2. The lowest BCUT2D eigenvalue weighted by atomic mass is 9.93. The molecule has 2 aromatic heterocycles. The van der Waals surface area contributed by atoms with E-state index in [0.29, 0.717) is 5.82 Å². The van der Waals surface area contributed by atoms with Gasteiger partial charge in [0, 0.05) is 38.4 Å². The average Bonchev–Trinajstić information content (AvgIpc) is 3.30. The number of aromatic nitrogens is 3. The highest BCUT2D eigenvalue weighted by Gasteiger charge is 2.19. The van der Waals surface area contributed by atoms with Gasteiger partial charge in [-0.2, -0.15) is 0 Å². The molecule has 0 saturated heterocycles. The highest BCUT2D eigenvalue weighted by Crippen LogP contribution is 2.41. The first kappa shape index (κ1) is 32.5. The molecule has 0 aliphatic rings. The van der Waals surface area contributed by atoms with Crippen LogP contribution in [0.15, 0.2) is 200 Å². The zero-order valence-electron chi connectivity index (χ0n) is 31.4. The van der Waals surface area contributed by atoms with Crippen molar-refractivity contribution in [3.05, 3.63) is 200 Å². The number of benzene rings is 10. The van der Waals surface area contributed by atoms with Crippen LogP contribution < -0.4 is 0 Å². The van der Waals surface area contributed by atoms with E-state index < -0.39 is 0 Å². The normalized spacial score (nSPS) is 11.8. The number of fused-ring (bicyclic) bond motifs is 11. The summed E-state index contributed by atoms with van der Waals surface area (Å²) in [4.78, 5) is 16.2. The van der Waals surface area contributed by atoms with Crippen LogP contribution in [0.5, 0.6) is 0 Å². The van der Waals surface area contributed by atoms with Crippen molar-refractivity contribution in [1.82, 2.24) is 15.0 Å². The number of rotatable bonds is 4. The second-order valence-electron chi connectivity index (χ2n) is 15.1. The summed E-state index contributed by atoms with van der Waals surface area (Å²) in [5, 5.41) is 15.5. The topological polar surface area (TPSA) is 38.7 Å². The standard InChI is InChI=1S/C55H33N3/c1-6-21-41-34(14-1)28-29-47-53(41)46-26-11-12-27-50(46)56-54(47)37-17-13-18-38(30-37)55-57-51(48-31-35-15-2-4-19-39(35)42-22-7-9-24-44(42)48)33-52(58-55)49-32-36-16-3-5-20-40(36)43-23-8-10-25-45(43)49/h1-33H. The second-order valence-corrected chi connectivity index (χ2v) is 15.1. The van der Waals surface area contributed by atoms with Crippen molar-refractivity contribution in [2.75, 3.05) is 0 Å². The van der Waals surface area contributed by atoms with Crippen LogP contribution in [0.3, 0.4) is 0 Å². The van der Waals surface area contributed by atoms with E-state index in [0.717, 1.165) is 66.4 Å². The lowest BCUT2D eigenvalue weighted by molar-refractivity contribution is 1.19. The Bertz CT molecular complexity index is 3490. The van der Waals surface area contributed by atoms with E-state index >= 15 is 0 Å². The SMILES string of the molecule is c1cc(-c2nc(-c3cc4ccccc4c4ccccc34)cc(-c3cc4ccccc4c4ccccc34)n2)cc(-c2nc3ccccc3c3c2ccc2ccccc23)c1. The summed E-state index contributed by atoms with van der Waals surface area (Å²) >= 11 is 0. The molecular formula is C55H33N3. The van der Waals surface area contributed by atoms with Gasteiger partial charge in [-0.25, -0.2) is 15.0 Å². The van der Waals surface area contributed by atoms with Crippen LogP contribution in [0.1, 0.15) is 0 Å². The molecule has 58 heavy (non-hydrogen) atoms. The Labute approximate surface area is 334 Å². The third-order valence-electron chi connectivity index (χ3n) is 11.8. The number of hydrogen-bond acceptors (Lipinski definition) is 3. The number of hydrogen-bond donors (Lipinski definition) is 0. The van der Waals surface area contributed by atoms with Crippen molar-refractivity contribution in [3.63, 3.8) is 0 Å². The third-order valence-corrected chi connectivity index (χ3v) is 11.8. The maximum Gasteiger partial charge on any atom is 0.160 e. The van der Waals surface area contributed by atoms with Crippen molar-refractivity contribution in [1.29, 1.82) is 0 Å². The Morgan fingerprint density at radius 3 is 1.41 bits per heavy atom. The maximum absolute atomic E-state index is 5.46. The minimum absolute atomic E-state index is 0.666. The van der Waals surface area contributed by atoms with Crippen LogP contribution in [0.2, 0.25) is 0 Å². The number of para-hydroxylation sites is 1. The monoisotopic (exact) mass is 735 g/mol. The van der Waals surface area contributed by atoms with Crippen LogP contribution in [0.4, 0.5) is 0 Å². The van der Waals surface area contributed by atoms with Crippen molar-refractivity contribution in [2.45, 2.75) is 0 Å². The van der Waals surface area contributed by atoms with Crippen LogP contribution in [0, 0.1) is 0 Å². The lowest BCUT2D eigenvalue weighted by Gasteiger charge is -2.16. The van der Waals surface area contributed by atoms with Crippen molar-refractivity contribution in [2.24, 2.45) is 0 Å². The molecule has 12 rings (SSSR count). The van der Waals surface area contributed by atoms with E-state index in [-0.39, 0.29) is 0 Å². The molecule has 2 heterocycles. The van der Waals surface area contributed by atoms with Crippen LogP contribution >= 0.6 is 0 Å². The molecule has 0 fully saturated rings. The van der Waals surface area contributed by atoms with Crippen LogP contribution in [-0.4, -0.2) is 15.0 Å². The fraction of sp³-hybridized carbons (Fsp3) is 0. The number of nitrogens with zero attached hydrogens (tertiary/aromatic N) is 3. The molecule has 3 heteroatoms. The second kappa shape index (κ2) is 12.9. The van der Waals surface area contributed by atoms with Gasteiger partial charge in [0.2, 0.25) is 0 Å². The minimum Gasteiger partial charge on any atom is -0.247 e. The van der Waals surface area contributed by atoms with Gasteiger partial charge in [-0.05, 0) is 84.2 Å². The van der Waals surface area contributed by atoms with Gasteiger partial charge in [0.1, 0.15) is 0 Å². The highest BCUT2D eigenvalue weighted by molar-refractivity contribution is 6.22. The molecule has 0 amide bonds. The Morgan fingerprint density at radius 1 is 0.276 bits per heavy atom. The van der Waals surface area contributed by atoms with Gasteiger partial charge < -0.3 is 0 Å². The zero-order valence-corrected chi connectivity index (χ0v) is 31.4. The van der Waals surface area contributed by atoms with Crippen molar-refractivity contribution >= 4 is 75.5 Å². The van der Waals surface area contributed by atoms with Crippen molar-refractivity contribution in [3.8, 4) is 45.2 Å². The largest absolute Gasteiger partial charge is 0.247 e. The highest BCUT2D eigenvalue weighted by atomic mass is 14.9. The Balaban J connectivity index is 1.13. The minimum atomic E-state index is 0.666. The van der Waals surface area contributed by atoms with Gasteiger partial charge in [-0.1, -0.05) is 170 Å². The molecule has 0 N–H and O–H groups in total. The summed E-state index contributed by atoms with van der Waals surface area (Å²) in [6.07, 6.45) is 0. The van der Waals surface area contributed by atoms with E-state index in [1.54, 1.807) is 0 Å². The fourth-order valence-corrected chi connectivity index (χ4v) is 9.13. The molecule has 3 nitrogen and oxygen atoms in total. The molecule has 0 aliphatic heterocycles. The summed E-state index contributed by atoms with van der Waals surface area (Å²) < 4.78 is 0. The molecular weight excluding hydrogens is 703 g/mol. The molecule has 0 saturated carbocycles. The van der Waals surface area contributed by atoms with Gasteiger partial charge >= 0.3 is 0 Å². The molecule has 0 unspecified atom stereocenters. The van der Waals surface area contributed by atoms with E-state index in [4.69, 9.17) is 15.0 Å². The predicted molar refractivity (Wildman–Crippen MR) is 244 cm³/mol. The quantitative estimate of drug-likeness (QED) is 0.169. The Kier molecular flexibility index (Phi) is 7.23. The molecule has 268 valence electrons. The predicted octanol–water partition coefficient (Wildman–Crippen LogP) is 14.6. The average molecular weight is 736 g/mol. The molecule has 0 atom stereocenters. The third kappa shape index (κ3) is 5.11. The molecule has 12 aromatic rings. The first-order valence-corrected chi connectivity index (χ1v) is 19.8. The molecule has 0 radical (unpaired) electrons. The van der Waals surface area contributed by atoms with E-state index in [2.05, 4.69) is 200 Å². The van der Waals surface area contributed by atoms with Gasteiger partial charge in [0.05, 0.1) is 22.6 Å². The van der Waals surface area contributed by atoms with Gasteiger partial charge in [0.25, 0.3) is 0 Å². The van der Waals surface area contributed by atoms with Gasteiger partial charge in [-0.3, -0.25) is 0 Å². The first-order chi connectivity index (χ1) is 28.7. The molecule has 10 aromatic carbocycles. The summed E-state index contributed by atoms with van der Waals surface area (Å²) in [7, 11) is 0. The number of pyridine rings is 1. The summed E-state index contributed by atoms with van der Waals surface area (Å²) in [6, 6.07) is 71.5. The van der Waals surface area contributed by atoms with Gasteiger partial charge in [0.15, 0.2) is 5.82 Å². The summed E-state index contributed by atoms with van der Waals surface area (Å²) in [5.74, 6) is 0.666. The first-order valence-electron chi connectivity index (χ1n) is 19.8. The maximum atomic E-state index is 5.46. The molecule has 0 spiro atoms. The molecule has 0 bridgehead atoms. The summed E-state index contributed by atoms with van der Waals surface area (Å²) in [6.45, 7) is 0. The fourth-order valence-electron chi connectivity index (χ4n) is 9.13. The Morgan fingerprint density at radius 2 is 0.776 bits per heavy atom. The van der Waals surface area contributed by atoms with Crippen LogP contribution in [0.25, 0.3) is 121 Å². The van der Waals surface area contributed by atoms with Crippen LogP contribution in [-0.2, 0) is 0 Å². The van der Waals surface area contributed by atoms with E-state index in [9.17, 15) is 0 Å². The van der Waals surface area contributed by atoms with Crippen molar-refractivity contribution < 1.29 is 0 Å².